The summed E-state index contributed by atoms with van der Waals surface area (Å²) >= 11 is 0. The lowest BCUT2D eigenvalue weighted by molar-refractivity contribution is 0.189. The van der Waals surface area contributed by atoms with Gasteiger partial charge in [-0.25, -0.2) is 0 Å². The molecule has 5 heteroatoms. The summed E-state index contributed by atoms with van der Waals surface area (Å²) < 4.78 is 0. The van der Waals surface area contributed by atoms with Gasteiger partial charge in [0.25, 0.3) is 0 Å². The third-order valence-corrected chi connectivity index (χ3v) is 3.91. The third-order valence-electron chi connectivity index (χ3n) is 3.91. The van der Waals surface area contributed by atoms with Crippen LogP contribution in [0.25, 0.3) is 0 Å². The molecule has 0 radical (unpaired) electrons. The summed E-state index contributed by atoms with van der Waals surface area (Å²) in [5.74, 6) is 1.91. The van der Waals surface area contributed by atoms with Crippen molar-refractivity contribution in [1.29, 1.82) is 0 Å². The van der Waals surface area contributed by atoms with Gasteiger partial charge in [0.1, 0.15) is 0 Å². The Bertz CT molecular complexity index is 263. The number of hydrogen-bond acceptors (Lipinski definition) is 2. The van der Waals surface area contributed by atoms with Crippen LogP contribution in [0, 0.1) is 5.92 Å². The van der Waals surface area contributed by atoms with E-state index in [2.05, 4.69) is 41.3 Å². The summed E-state index contributed by atoms with van der Waals surface area (Å²) in [7, 11) is 0. The van der Waals surface area contributed by atoms with Crippen molar-refractivity contribution in [3.05, 3.63) is 0 Å². The number of guanidine groups is 1. The summed E-state index contributed by atoms with van der Waals surface area (Å²) in [6.07, 6.45) is 6.38. The maximum Gasteiger partial charge on any atom is 0.191 e. The van der Waals surface area contributed by atoms with Crippen LogP contribution in [0.3, 0.4) is 0 Å². The van der Waals surface area contributed by atoms with Gasteiger partial charge in [-0.3, -0.25) is 4.99 Å². The fourth-order valence-corrected chi connectivity index (χ4v) is 2.52. The second kappa shape index (κ2) is 13.6. The summed E-state index contributed by atoms with van der Waals surface area (Å²) in [6.45, 7) is 13.4. The van der Waals surface area contributed by atoms with E-state index in [0.29, 0.717) is 0 Å². The highest BCUT2D eigenvalue weighted by atomic mass is 127. The van der Waals surface area contributed by atoms with Crippen LogP contribution in [0.5, 0.6) is 0 Å². The Labute approximate surface area is 148 Å². The standard InChI is InChI=1S/C16H34N4.HI/c1-4-10-18-16(17-5-2)19-11-6-7-12-20-13-8-15(3)9-14-20;/h15H,4-14H2,1-3H3,(H2,17,18,19);1H. The van der Waals surface area contributed by atoms with Crippen LogP contribution in [0.1, 0.15) is 52.9 Å². The smallest absolute Gasteiger partial charge is 0.191 e. The molecular weight excluding hydrogens is 375 g/mol. The molecule has 21 heavy (non-hydrogen) atoms. The number of nitrogens with one attached hydrogen (secondary N) is 2. The lowest BCUT2D eigenvalue weighted by atomic mass is 9.99. The summed E-state index contributed by atoms with van der Waals surface area (Å²) in [6, 6.07) is 0. The lowest BCUT2D eigenvalue weighted by Gasteiger charge is -2.30. The second-order valence-corrected chi connectivity index (χ2v) is 5.92. The van der Waals surface area contributed by atoms with Crippen molar-refractivity contribution in [2.45, 2.75) is 52.9 Å². The molecule has 1 saturated heterocycles. The average molecular weight is 410 g/mol. The predicted octanol–water partition coefficient (Wildman–Crippen LogP) is 3.08. The molecule has 0 aromatic carbocycles. The minimum atomic E-state index is 0. The molecule has 0 bridgehead atoms. The van der Waals surface area contributed by atoms with E-state index in [1.54, 1.807) is 0 Å². The van der Waals surface area contributed by atoms with Gasteiger partial charge < -0.3 is 15.5 Å². The molecule has 0 aromatic rings. The van der Waals surface area contributed by atoms with Crippen molar-refractivity contribution >= 4 is 29.9 Å². The van der Waals surface area contributed by atoms with Crippen molar-refractivity contribution in [3.63, 3.8) is 0 Å². The van der Waals surface area contributed by atoms with E-state index in [-0.39, 0.29) is 24.0 Å². The van der Waals surface area contributed by atoms with Gasteiger partial charge >= 0.3 is 0 Å². The molecule has 0 aromatic heterocycles. The molecule has 0 aliphatic carbocycles. The van der Waals surface area contributed by atoms with E-state index in [4.69, 9.17) is 0 Å². The zero-order valence-electron chi connectivity index (χ0n) is 14.2. The van der Waals surface area contributed by atoms with Crippen LogP contribution in [0.15, 0.2) is 4.99 Å². The maximum absolute atomic E-state index is 4.51. The third kappa shape index (κ3) is 10.3. The molecule has 0 amide bonds. The van der Waals surface area contributed by atoms with Crippen molar-refractivity contribution in [2.24, 2.45) is 10.9 Å². The van der Waals surface area contributed by atoms with Gasteiger partial charge in [-0.1, -0.05) is 13.8 Å². The van der Waals surface area contributed by atoms with E-state index in [9.17, 15) is 0 Å². The normalized spacial score (nSPS) is 17.4. The lowest BCUT2D eigenvalue weighted by Crippen LogP contribution is -2.38. The van der Waals surface area contributed by atoms with E-state index < -0.39 is 0 Å². The molecular formula is C16H35IN4. The second-order valence-electron chi connectivity index (χ2n) is 5.92. The summed E-state index contributed by atoms with van der Waals surface area (Å²) in [4.78, 5) is 7.13. The van der Waals surface area contributed by atoms with Gasteiger partial charge in [-0.15, -0.1) is 24.0 Å². The molecule has 1 rings (SSSR count). The average Bonchev–Trinajstić information content (AvgIpc) is 2.46. The van der Waals surface area contributed by atoms with Crippen molar-refractivity contribution in [3.8, 4) is 0 Å². The van der Waals surface area contributed by atoms with Gasteiger partial charge in [-0.05, 0) is 64.6 Å². The molecule has 1 fully saturated rings. The fourth-order valence-electron chi connectivity index (χ4n) is 2.52. The first-order valence-corrected chi connectivity index (χ1v) is 8.50. The first-order valence-electron chi connectivity index (χ1n) is 8.50. The van der Waals surface area contributed by atoms with Crippen molar-refractivity contribution in [2.75, 3.05) is 39.3 Å². The molecule has 0 spiro atoms. The van der Waals surface area contributed by atoms with Crippen LogP contribution in [-0.4, -0.2) is 50.1 Å². The van der Waals surface area contributed by atoms with E-state index >= 15 is 0 Å². The Morgan fingerprint density at radius 2 is 1.86 bits per heavy atom. The van der Waals surface area contributed by atoms with Crippen LogP contribution in [-0.2, 0) is 0 Å². The Morgan fingerprint density at radius 3 is 2.48 bits per heavy atom. The quantitative estimate of drug-likeness (QED) is 0.280. The minimum absolute atomic E-state index is 0. The fraction of sp³-hybridized carbons (Fsp3) is 0.938. The first-order chi connectivity index (χ1) is 9.76. The van der Waals surface area contributed by atoms with Crippen molar-refractivity contribution in [1.82, 2.24) is 15.5 Å². The van der Waals surface area contributed by atoms with E-state index in [0.717, 1.165) is 37.9 Å². The van der Waals surface area contributed by atoms with Gasteiger partial charge in [0.05, 0.1) is 0 Å². The first kappa shape index (κ1) is 21.0. The predicted molar refractivity (Wildman–Crippen MR) is 104 cm³/mol. The highest BCUT2D eigenvalue weighted by Gasteiger charge is 2.14. The molecule has 1 heterocycles. The summed E-state index contributed by atoms with van der Waals surface area (Å²) in [5.41, 5.74) is 0. The van der Waals surface area contributed by atoms with Crippen LogP contribution in [0.2, 0.25) is 0 Å². The van der Waals surface area contributed by atoms with Gasteiger partial charge in [0, 0.05) is 19.6 Å². The van der Waals surface area contributed by atoms with Gasteiger partial charge in [-0.2, -0.15) is 0 Å². The molecule has 0 unspecified atom stereocenters. The maximum atomic E-state index is 4.51. The SMILES string of the molecule is CCCN=C(NCC)NCCCCN1CCC(C)CC1.I. The van der Waals surface area contributed by atoms with Crippen LogP contribution in [0.4, 0.5) is 0 Å². The van der Waals surface area contributed by atoms with Gasteiger partial charge in [0.2, 0.25) is 0 Å². The number of aliphatic imine (C=N–C) groups is 1. The Morgan fingerprint density at radius 1 is 1.14 bits per heavy atom. The Hall–Kier alpha value is -0.0400. The van der Waals surface area contributed by atoms with Crippen molar-refractivity contribution < 1.29 is 0 Å². The number of likely N-dealkylation sites (tertiary alicyclic amines) is 1. The molecule has 4 nitrogen and oxygen atoms in total. The molecule has 1 aliphatic rings. The summed E-state index contributed by atoms with van der Waals surface area (Å²) in [5, 5.41) is 6.71. The number of unbranched alkanes of at least 4 members (excludes halogenated alkanes) is 1. The number of piperidine rings is 1. The van der Waals surface area contributed by atoms with E-state index in [1.807, 2.05) is 0 Å². The topological polar surface area (TPSA) is 39.7 Å². The number of halogens is 1. The molecule has 0 saturated carbocycles. The van der Waals surface area contributed by atoms with Crippen LogP contribution < -0.4 is 10.6 Å². The van der Waals surface area contributed by atoms with E-state index in [1.165, 1.54) is 45.3 Å². The highest BCUT2D eigenvalue weighted by Crippen LogP contribution is 2.15. The minimum Gasteiger partial charge on any atom is -0.357 e. The monoisotopic (exact) mass is 410 g/mol. The van der Waals surface area contributed by atoms with Crippen LogP contribution >= 0.6 is 24.0 Å². The van der Waals surface area contributed by atoms with Gasteiger partial charge in [0.15, 0.2) is 5.96 Å². The number of nitrogens with zero attached hydrogens (tertiary/aromatic N) is 2. The zero-order valence-corrected chi connectivity index (χ0v) is 16.5. The Balaban J connectivity index is 0.00000400. The zero-order chi connectivity index (χ0) is 14.6. The number of rotatable bonds is 8. The number of hydrogen-bond donors (Lipinski definition) is 2. The highest BCUT2D eigenvalue weighted by molar-refractivity contribution is 14.0. The molecule has 2 N–H and O–H groups in total. The molecule has 0 atom stereocenters. The Kier molecular flexibility index (Phi) is 13.6. The molecule has 126 valence electrons. The molecule has 1 aliphatic heterocycles. The largest absolute Gasteiger partial charge is 0.357 e.